The van der Waals surface area contributed by atoms with Crippen LogP contribution in [0.1, 0.15) is 18.5 Å². The number of amides is 1. The van der Waals surface area contributed by atoms with Crippen LogP contribution in [0.2, 0.25) is 0 Å². The van der Waals surface area contributed by atoms with Gasteiger partial charge in [0.2, 0.25) is 6.41 Å². The molecule has 19 heavy (non-hydrogen) atoms. The van der Waals surface area contributed by atoms with Gasteiger partial charge < -0.3 is 4.90 Å². The van der Waals surface area contributed by atoms with Gasteiger partial charge in [-0.25, -0.2) is 4.39 Å². The number of nitrogens with zero attached hydrogens (tertiary/aromatic N) is 2. The lowest BCUT2D eigenvalue weighted by molar-refractivity contribution is -0.118. The molecule has 100 valence electrons. The standard InChI is InChI=1S/C14H14ClFN2O/c15-14-4-2-1-3-11(14)8-18(10-19)9-13-6-5-12(16)7-17-13/h3-7,10H,1-2,8-9H2. The van der Waals surface area contributed by atoms with Gasteiger partial charge in [-0.2, -0.15) is 0 Å². The van der Waals surface area contributed by atoms with E-state index in [2.05, 4.69) is 4.98 Å². The van der Waals surface area contributed by atoms with Gasteiger partial charge in [-0.3, -0.25) is 9.78 Å². The Morgan fingerprint density at radius 1 is 1.32 bits per heavy atom. The van der Waals surface area contributed by atoms with E-state index in [1.807, 2.05) is 12.2 Å². The number of aromatic nitrogens is 1. The Kier molecular flexibility index (Phi) is 4.68. The van der Waals surface area contributed by atoms with Gasteiger partial charge in [0.1, 0.15) is 5.82 Å². The van der Waals surface area contributed by atoms with Gasteiger partial charge in [-0.15, -0.1) is 0 Å². The summed E-state index contributed by atoms with van der Waals surface area (Å²) in [5.74, 6) is -0.387. The van der Waals surface area contributed by atoms with Crippen molar-refractivity contribution in [3.05, 3.63) is 52.6 Å². The molecule has 1 amide bonds. The third-order valence-electron chi connectivity index (χ3n) is 2.86. The molecule has 1 heterocycles. The number of carbonyl (C=O) groups is 1. The number of pyridine rings is 1. The first kappa shape index (κ1) is 13.7. The fraction of sp³-hybridized carbons (Fsp3) is 0.286. The van der Waals surface area contributed by atoms with E-state index in [-0.39, 0.29) is 5.82 Å². The van der Waals surface area contributed by atoms with Crippen LogP contribution in [0.3, 0.4) is 0 Å². The number of rotatable bonds is 5. The van der Waals surface area contributed by atoms with E-state index in [9.17, 15) is 9.18 Å². The Hall–Kier alpha value is -1.68. The molecule has 1 aromatic rings. The second kappa shape index (κ2) is 6.48. The first-order valence-corrected chi connectivity index (χ1v) is 6.41. The third kappa shape index (κ3) is 3.89. The average Bonchev–Trinajstić information content (AvgIpc) is 2.43. The molecule has 0 saturated heterocycles. The molecule has 0 N–H and O–H groups in total. The first-order chi connectivity index (χ1) is 9.19. The molecule has 0 bridgehead atoms. The maximum atomic E-state index is 12.8. The Labute approximate surface area is 116 Å². The van der Waals surface area contributed by atoms with Crippen molar-refractivity contribution >= 4 is 18.0 Å². The molecule has 0 aliphatic heterocycles. The molecule has 0 saturated carbocycles. The van der Waals surface area contributed by atoms with Crippen LogP contribution in [0.25, 0.3) is 0 Å². The summed E-state index contributed by atoms with van der Waals surface area (Å²) in [7, 11) is 0. The minimum atomic E-state index is -0.387. The molecule has 0 radical (unpaired) electrons. The van der Waals surface area contributed by atoms with E-state index in [0.29, 0.717) is 23.8 Å². The largest absolute Gasteiger partial charge is 0.335 e. The molecule has 1 aliphatic rings. The fourth-order valence-corrected chi connectivity index (χ4v) is 2.14. The van der Waals surface area contributed by atoms with Crippen LogP contribution in [-0.4, -0.2) is 22.8 Å². The van der Waals surface area contributed by atoms with Crippen LogP contribution in [-0.2, 0) is 11.3 Å². The van der Waals surface area contributed by atoms with Gasteiger partial charge in [0.15, 0.2) is 0 Å². The van der Waals surface area contributed by atoms with E-state index < -0.39 is 0 Å². The Bertz CT molecular complexity index is 511. The fourth-order valence-electron chi connectivity index (χ4n) is 1.89. The van der Waals surface area contributed by atoms with Crippen LogP contribution in [0, 0.1) is 5.82 Å². The highest BCUT2D eigenvalue weighted by Crippen LogP contribution is 2.22. The number of halogens is 2. The van der Waals surface area contributed by atoms with Crippen molar-refractivity contribution in [3.63, 3.8) is 0 Å². The van der Waals surface area contributed by atoms with E-state index >= 15 is 0 Å². The summed E-state index contributed by atoms with van der Waals surface area (Å²) >= 11 is 6.09. The van der Waals surface area contributed by atoms with E-state index in [4.69, 9.17) is 11.6 Å². The Morgan fingerprint density at radius 3 is 2.74 bits per heavy atom. The number of hydrogen-bond acceptors (Lipinski definition) is 2. The molecule has 0 aromatic carbocycles. The minimum Gasteiger partial charge on any atom is -0.335 e. The summed E-state index contributed by atoms with van der Waals surface area (Å²) in [6.45, 7) is 0.781. The molecular weight excluding hydrogens is 267 g/mol. The summed E-state index contributed by atoms with van der Waals surface area (Å²) in [4.78, 5) is 16.6. The van der Waals surface area contributed by atoms with Crippen LogP contribution < -0.4 is 0 Å². The minimum absolute atomic E-state index is 0.339. The smallest absolute Gasteiger partial charge is 0.210 e. The summed E-state index contributed by atoms with van der Waals surface area (Å²) in [6, 6.07) is 2.90. The quantitative estimate of drug-likeness (QED) is 0.777. The van der Waals surface area contributed by atoms with Crippen LogP contribution in [0.5, 0.6) is 0 Å². The van der Waals surface area contributed by atoms with E-state index in [1.165, 1.54) is 6.07 Å². The lowest BCUT2D eigenvalue weighted by Gasteiger charge is -2.20. The molecule has 1 aliphatic carbocycles. The van der Waals surface area contributed by atoms with Gasteiger partial charge in [0.25, 0.3) is 0 Å². The predicted octanol–water partition coefficient (Wildman–Crippen LogP) is 3.02. The zero-order valence-electron chi connectivity index (χ0n) is 10.4. The van der Waals surface area contributed by atoms with Crippen LogP contribution in [0.4, 0.5) is 4.39 Å². The molecule has 0 unspecified atom stereocenters. The highest BCUT2D eigenvalue weighted by molar-refractivity contribution is 6.32. The van der Waals surface area contributed by atoms with E-state index in [1.54, 1.807) is 11.0 Å². The second-order valence-corrected chi connectivity index (χ2v) is 4.74. The molecule has 0 fully saturated rings. The maximum Gasteiger partial charge on any atom is 0.210 e. The topological polar surface area (TPSA) is 33.2 Å². The van der Waals surface area contributed by atoms with Gasteiger partial charge in [0, 0.05) is 11.6 Å². The summed E-state index contributed by atoms with van der Waals surface area (Å²) in [6.07, 6.45) is 7.76. The molecule has 2 rings (SSSR count). The van der Waals surface area contributed by atoms with Crippen molar-refractivity contribution in [2.24, 2.45) is 0 Å². The monoisotopic (exact) mass is 280 g/mol. The summed E-state index contributed by atoms with van der Waals surface area (Å²) in [5, 5.41) is 0.699. The van der Waals surface area contributed by atoms with Crippen molar-refractivity contribution in [3.8, 4) is 0 Å². The molecule has 0 atom stereocenters. The Morgan fingerprint density at radius 2 is 2.11 bits per heavy atom. The van der Waals surface area contributed by atoms with Gasteiger partial charge >= 0.3 is 0 Å². The first-order valence-electron chi connectivity index (χ1n) is 6.04. The van der Waals surface area contributed by atoms with Crippen molar-refractivity contribution in [1.29, 1.82) is 0 Å². The van der Waals surface area contributed by atoms with Gasteiger partial charge in [-0.1, -0.05) is 23.8 Å². The highest BCUT2D eigenvalue weighted by atomic mass is 35.5. The number of allylic oxidation sites excluding steroid dienone is 2. The molecular formula is C14H14ClFN2O. The summed E-state index contributed by atoms with van der Waals surface area (Å²) in [5.41, 5.74) is 1.59. The van der Waals surface area contributed by atoms with E-state index in [0.717, 1.165) is 31.0 Å². The van der Waals surface area contributed by atoms with Gasteiger partial charge in [-0.05, 0) is 30.5 Å². The van der Waals surface area contributed by atoms with Crippen molar-refractivity contribution in [1.82, 2.24) is 9.88 Å². The molecule has 0 spiro atoms. The SMILES string of the molecule is O=CN(CC1=CCCC=C1Cl)Cc1ccc(F)cn1. The van der Waals surface area contributed by atoms with Crippen molar-refractivity contribution in [2.45, 2.75) is 19.4 Å². The van der Waals surface area contributed by atoms with Gasteiger partial charge in [0.05, 0.1) is 18.4 Å². The summed E-state index contributed by atoms with van der Waals surface area (Å²) < 4.78 is 12.8. The average molecular weight is 281 g/mol. The lowest BCUT2D eigenvalue weighted by Crippen LogP contribution is -2.25. The number of hydrogen-bond donors (Lipinski definition) is 0. The van der Waals surface area contributed by atoms with Crippen molar-refractivity contribution in [2.75, 3.05) is 6.54 Å². The zero-order valence-corrected chi connectivity index (χ0v) is 11.1. The van der Waals surface area contributed by atoms with Crippen LogP contribution in [0.15, 0.2) is 41.1 Å². The molecule has 3 nitrogen and oxygen atoms in total. The maximum absolute atomic E-state index is 12.8. The second-order valence-electron chi connectivity index (χ2n) is 4.34. The number of carbonyl (C=O) groups excluding carboxylic acids is 1. The normalized spacial score (nSPS) is 14.6. The third-order valence-corrected chi connectivity index (χ3v) is 3.26. The molecule has 1 aromatic heterocycles. The molecule has 5 heteroatoms. The van der Waals surface area contributed by atoms with Crippen LogP contribution >= 0.6 is 11.6 Å². The Balaban J connectivity index is 2.01. The highest BCUT2D eigenvalue weighted by Gasteiger charge is 2.11. The van der Waals surface area contributed by atoms with Crippen molar-refractivity contribution < 1.29 is 9.18 Å². The zero-order chi connectivity index (χ0) is 13.7. The predicted molar refractivity (Wildman–Crippen MR) is 71.9 cm³/mol. The lowest BCUT2D eigenvalue weighted by atomic mass is 10.1.